The van der Waals surface area contributed by atoms with Gasteiger partial charge in [-0.25, -0.2) is 0 Å². The van der Waals surface area contributed by atoms with Crippen molar-refractivity contribution in [2.24, 2.45) is 0 Å². The predicted molar refractivity (Wildman–Crippen MR) is 83.2 cm³/mol. The van der Waals surface area contributed by atoms with Gasteiger partial charge in [0.15, 0.2) is 0 Å². The molecule has 0 saturated heterocycles. The summed E-state index contributed by atoms with van der Waals surface area (Å²) < 4.78 is 2.41. The monoisotopic (exact) mass is 264 g/mol. The van der Waals surface area contributed by atoms with E-state index < -0.39 is 0 Å². The Morgan fingerprint density at radius 2 is 1.68 bits per heavy atom. The zero-order valence-electron chi connectivity index (χ0n) is 10.5. The summed E-state index contributed by atoms with van der Waals surface area (Å²) in [6.45, 7) is 2.13. The minimum absolute atomic E-state index is 0.374. The highest BCUT2D eigenvalue weighted by molar-refractivity contribution is 7.26. The third-order valence-corrected chi connectivity index (χ3v) is 4.89. The number of fused-ring (bicyclic) bond motifs is 5. The molecule has 0 radical (unpaired) electrons. The molecule has 1 nitrogen and oxygen atoms in total. The number of thiophene rings is 1. The first-order valence-corrected chi connectivity index (χ1v) is 7.10. The minimum Gasteiger partial charge on any atom is -0.507 e. The molecule has 0 aliphatic heterocycles. The lowest BCUT2D eigenvalue weighted by atomic mass is 10.0. The number of phenolic OH excluding ortho intramolecular Hbond substituents is 1. The molecular formula is C17H12OS. The second kappa shape index (κ2) is 3.72. The first kappa shape index (κ1) is 10.8. The Labute approximate surface area is 114 Å². The van der Waals surface area contributed by atoms with Crippen molar-refractivity contribution >= 4 is 42.3 Å². The van der Waals surface area contributed by atoms with E-state index in [2.05, 4.69) is 43.3 Å². The average molecular weight is 264 g/mol. The summed E-state index contributed by atoms with van der Waals surface area (Å²) in [4.78, 5) is 0. The molecule has 0 fully saturated rings. The van der Waals surface area contributed by atoms with Crippen LogP contribution in [0.3, 0.4) is 0 Å². The fourth-order valence-corrected chi connectivity index (χ4v) is 4.05. The fraction of sp³-hybridized carbons (Fsp3) is 0.0588. The van der Waals surface area contributed by atoms with Gasteiger partial charge < -0.3 is 5.11 Å². The van der Waals surface area contributed by atoms with Crippen molar-refractivity contribution in [1.82, 2.24) is 0 Å². The smallest absolute Gasteiger partial charge is 0.124 e. The van der Waals surface area contributed by atoms with Crippen LogP contribution in [-0.2, 0) is 0 Å². The molecule has 0 aliphatic carbocycles. The molecule has 4 aromatic rings. The van der Waals surface area contributed by atoms with Gasteiger partial charge in [-0.2, -0.15) is 0 Å². The van der Waals surface area contributed by atoms with Gasteiger partial charge in [0.25, 0.3) is 0 Å². The van der Waals surface area contributed by atoms with Gasteiger partial charge in [-0.15, -0.1) is 11.3 Å². The maximum atomic E-state index is 10.1. The Hall–Kier alpha value is -2.06. The minimum atomic E-state index is 0.374. The Morgan fingerprint density at radius 3 is 2.53 bits per heavy atom. The van der Waals surface area contributed by atoms with Crippen molar-refractivity contribution in [3.05, 3.63) is 54.1 Å². The standard InChI is InChI=1S/C17H12OS/c1-10-9-13-16-14(18)7-4-8-15(16)19-17(13)12-6-3-2-5-11(10)12/h2-9,18H,1H3. The largest absolute Gasteiger partial charge is 0.507 e. The second-order valence-electron chi connectivity index (χ2n) is 4.87. The molecule has 0 aliphatic rings. The third-order valence-electron chi connectivity index (χ3n) is 3.69. The van der Waals surface area contributed by atoms with E-state index in [4.69, 9.17) is 0 Å². The van der Waals surface area contributed by atoms with E-state index in [1.165, 1.54) is 21.0 Å². The molecule has 1 heterocycles. The van der Waals surface area contributed by atoms with E-state index in [-0.39, 0.29) is 0 Å². The van der Waals surface area contributed by atoms with Gasteiger partial charge in [0.1, 0.15) is 5.75 Å². The number of rotatable bonds is 0. The maximum absolute atomic E-state index is 10.1. The predicted octanol–water partition coefficient (Wildman–Crippen LogP) is 5.22. The summed E-state index contributed by atoms with van der Waals surface area (Å²) >= 11 is 1.75. The fourth-order valence-electron chi connectivity index (χ4n) is 2.81. The van der Waals surface area contributed by atoms with Gasteiger partial charge in [-0.1, -0.05) is 30.3 Å². The molecule has 1 aromatic heterocycles. The van der Waals surface area contributed by atoms with Crippen molar-refractivity contribution in [3.8, 4) is 5.75 Å². The van der Waals surface area contributed by atoms with Crippen LogP contribution in [0.25, 0.3) is 30.9 Å². The normalized spacial score (nSPS) is 11.6. The van der Waals surface area contributed by atoms with Crippen LogP contribution in [0, 0.1) is 6.92 Å². The van der Waals surface area contributed by atoms with Crippen molar-refractivity contribution in [3.63, 3.8) is 0 Å². The van der Waals surface area contributed by atoms with Gasteiger partial charge in [-0.3, -0.25) is 0 Å². The maximum Gasteiger partial charge on any atom is 0.124 e. The highest BCUT2D eigenvalue weighted by Crippen LogP contribution is 2.42. The molecule has 4 rings (SSSR count). The Bertz CT molecular complexity index is 934. The van der Waals surface area contributed by atoms with Crippen LogP contribution < -0.4 is 0 Å². The Balaban J connectivity index is 2.37. The second-order valence-corrected chi connectivity index (χ2v) is 5.92. The van der Waals surface area contributed by atoms with E-state index in [0.717, 1.165) is 15.5 Å². The zero-order valence-corrected chi connectivity index (χ0v) is 11.3. The first-order chi connectivity index (χ1) is 9.25. The molecule has 0 spiro atoms. The Morgan fingerprint density at radius 1 is 0.895 bits per heavy atom. The number of aromatic hydroxyl groups is 1. The van der Waals surface area contributed by atoms with Gasteiger partial charge in [0.2, 0.25) is 0 Å². The van der Waals surface area contributed by atoms with Crippen molar-refractivity contribution in [1.29, 1.82) is 0 Å². The highest BCUT2D eigenvalue weighted by Gasteiger charge is 2.12. The zero-order chi connectivity index (χ0) is 13.0. The van der Waals surface area contributed by atoms with E-state index in [1.807, 2.05) is 6.07 Å². The molecule has 2 heteroatoms. The average Bonchev–Trinajstić information content (AvgIpc) is 2.79. The summed E-state index contributed by atoms with van der Waals surface area (Å²) in [6, 6.07) is 16.4. The lowest BCUT2D eigenvalue weighted by molar-refractivity contribution is 0.482. The summed E-state index contributed by atoms with van der Waals surface area (Å²) in [5.74, 6) is 0.374. The van der Waals surface area contributed by atoms with Crippen molar-refractivity contribution < 1.29 is 5.11 Å². The molecule has 0 saturated carbocycles. The van der Waals surface area contributed by atoms with E-state index >= 15 is 0 Å². The van der Waals surface area contributed by atoms with Crippen LogP contribution >= 0.6 is 11.3 Å². The lowest BCUT2D eigenvalue weighted by Crippen LogP contribution is -1.78. The van der Waals surface area contributed by atoms with Crippen LogP contribution in [0.2, 0.25) is 0 Å². The molecule has 0 amide bonds. The van der Waals surface area contributed by atoms with E-state index in [0.29, 0.717) is 5.75 Å². The summed E-state index contributed by atoms with van der Waals surface area (Å²) in [7, 11) is 0. The highest BCUT2D eigenvalue weighted by atomic mass is 32.1. The molecule has 3 aromatic carbocycles. The summed E-state index contributed by atoms with van der Waals surface area (Å²) in [5.41, 5.74) is 1.26. The molecule has 0 bridgehead atoms. The van der Waals surface area contributed by atoms with Gasteiger partial charge >= 0.3 is 0 Å². The molecule has 0 atom stereocenters. The van der Waals surface area contributed by atoms with E-state index in [9.17, 15) is 5.11 Å². The number of benzene rings is 3. The summed E-state index contributed by atoms with van der Waals surface area (Å²) in [5, 5.41) is 14.8. The molecule has 19 heavy (non-hydrogen) atoms. The van der Waals surface area contributed by atoms with Crippen LogP contribution in [0.4, 0.5) is 0 Å². The van der Waals surface area contributed by atoms with Crippen LogP contribution in [0.1, 0.15) is 5.56 Å². The van der Waals surface area contributed by atoms with Gasteiger partial charge in [-0.05, 0) is 41.5 Å². The summed E-state index contributed by atoms with van der Waals surface area (Å²) in [6.07, 6.45) is 0. The molecule has 1 N–H and O–H groups in total. The number of hydrogen-bond acceptors (Lipinski definition) is 2. The lowest BCUT2D eigenvalue weighted by Gasteiger charge is -2.04. The van der Waals surface area contributed by atoms with Crippen molar-refractivity contribution in [2.45, 2.75) is 6.92 Å². The quantitative estimate of drug-likeness (QED) is 0.461. The first-order valence-electron chi connectivity index (χ1n) is 6.28. The van der Waals surface area contributed by atoms with Crippen molar-refractivity contribution in [2.75, 3.05) is 0 Å². The van der Waals surface area contributed by atoms with Gasteiger partial charge in [0.05, 0.1) is 0 Å². The topological polar surface area (TPSA) is 20.2 Å². The number of phenols is 1. The van der Waals surface area contributed by atoms with Crippen LogP contribution in [0.5, 0.6) is 5.75 Å². The molecule has 0 unspecified atom stereocenters. The SMILES string of the molecule is Cc1cc2c(sc3cccc(O)c32)c2ccccc12. The van der Waals surface area contributed by atoms with Gasteiger partial charge in [0, 0.05) is 20.2 Å². The molecular weight excluding hydrogens is 252 g/mol. The number of aryl methyl sites for hydroxylation is 1. The Kier molecular flexibility index (Phi) is 2.12. The van der Waals surface area contributed by atoms with Crippen LogP contribution in [-0.4, -0.2) is 5.11 Å². The molecule has 92 valence electrons. The third kappa shape index (κ3) is 1.41. The van der Waals surface area contributed by atoms with E-state index in [1.54, 1.807) is 17.4 Å². The van der Waals surface area contributed by atoms with Crippen LogP contribution in [0.15, 0.2) is 48.5 Å². The number of hydrogen-bond donors (Lipinski definition) is 1.